The van der Waals surface area contributed by atoms with E-state index < -0.39 is 5.82 Å². The van der Waals surface area contributed by atoms with Crippen LogP contribution >= 0.6 is 15.9 Å². The SMILES string of the molecule is COc1c(F)cc(C(=O)CCN)c(OC)c1Br. The smallest absolute Gasteiger partial charge is 0.172 e. The first-order valence-electron chi connectivity index (χ1n) is 4.90. The number of Topliss-reactive ketones (excluding diaryl/α,β-unsaturated/α-hetero) is 1. The minimum atomic E-state index is -0.624. The van der Waals surface area contributed by atoms with E-state index >= 15 is 0 Å². The zero-order valence-electron chi connectivity index (χ0n) is 9.55. The quantitative estimate of drug-likeness (QED) is 0.847. The van der Waals surface area contributed by atoms with Crippen LogP contribution in [0.4, 0.5) is 4.39 Å². The van der Waals surface area contributed by atoms with Crippen molar-refractivity contribution >= 4 is 21.7 Å². The highest BCUT2D eigenvalue weighted by Gasteiger charge is 2.21. The summed E-state index contributed by atoms with van der Waals surface area (Å²) in [5, 5.41) is 0. The lowest BCUT2D eigenvalue weighted by atomic mass is 10.1. The van der Waals surface area contributed by atoms with Crippen LogP contribution in [0.3, 0.4) is 0 Å². The number of halogens is 2. The molecule has 94 valence electrons. The van der Waals surface area contributed by atoms with Gasteiger partial charge in [0.1, 0.15) is 10.2 Å². The lowest BCUT2D eigenvalue weighted by Gasteiger charge is -2.13. The highest BCUT2D eigenvalue weighted by molar-refractivity contribution is 9.10. The van der Waals surface area contributed by atoms with Crippen LogP contribution in [-0.2, 0) is 0 Å². The van der Waals surface area contributed by atoms with Crippen LogP contribution in [0.25, 0.3) is 0 Å². The van der Waals surface area contributed by atoms with Crippen LogP contribution in [0.1, 0.15) is 16.8 Å². The Morgan fingerprint density at radius 3 is 2.47 bits per heavy atom. The van der Waals surface area contributed by atoms with Gasteiger partial charge in [-0.25, -0.2) is 4.39 Å². The Labute approximate surface area is 107 Å². The van der Waals surface area contributed by atoms with Crippen molar-refractivity contribution in [2.75, 3.05) is 20.8 Å². The molecule has 2 N–H and O–H groups in total. The molecule has 17 heavy (non-hydrogen) atoms. The monoisotopic (exact) mass is 305 g/mol. The van der Waals surface area contributed by atoms with Gasteiger partial charge in [0.15, 0.2) is 17.3 Å². The molecule has 0 aromatic heterocycles. The van der Waals surface area contributed by atoms with E-state index in [0.717, 1.165) is 6.07 Å². The van der Waals surface area contributed by atoms with Crippen LogP contribution < -0.4 is 15.2 Å². The maximum atomic E-state index is 13.6. The Bertz CT molecular complexity index is 437. The van der Waals surface area contributed by atoms with E-state index in [4.69, 9.17) is 15.2 Å². The van der Waals surface area contributed by atoms with Crippen LogP contribution in [0, 0.1) is 5.82 Å². The minimum Gasteiger partial charge on any atom is -0.495 e. The molecule has 0 amide bonds. The Hall–Kier alpha value is -1.14. The zero-order chi connectivity index (χ0) is 13.0. The third-order valence-electron chi connectivity index (χ3n) is 2.21. The average molecular weight is 306 g/mol. The normalized spacial score (nSPS) is 10.2. The largest absolute Gasteiger partial charge is 0.495 e. The van der Waals surface area contributed by atoms with Crippen molar-refractivity contribution in [1.29, 1.82) is 0 Å². The molecule has 1 rings (SSSR count). The van der Waals surface area contributed by atoms with Gasteiger partial charge in [-0.2, -0.15) is 0 Å². The molecule has 0 spiro atoms. The molecule has 0 aliphatic carbocycles. The molecule has 1 aromatic carbocycles. The first kappa shape index (κ1) is 13.9. The number of ether oxygens (including phenoxy) is 2. The Morgan fingerprint density at radius 2 is 2.00 bits per heavy atom. The van der Waals surface area contributed by atoms with Crippen molar-refractivity contribution in [3.8, 4) is 11.5 Å². The highest BCUT2D eigenvalue weighted by Crippen LogP contribution is 2.39. The lowest BCUT2D eigenvalue weighted by molar-refractivity contribution is 0.0981. The number of benzene rings is 1. The van der Waals surface area contributed by atoms with E-state index in [1.807, 2.05) is 0 Å². The van der Waals surface area contributed by atoms with Crippen molar-refractivity contribution in [3.05, 3.63) is 21.9 Å². The molecule has 0 unspecified atom stereocenters. The van der Waals surface area contributed by atoms with Gasteiger partial charge in [0.05, 0.1) is 19.8 Å². The second-order valence-corrected chi connectivity index (χ2v) is 4.04. The number of ketones is 1. The molecule has 0 radical (unpaired) electrons. The number of nitrogens with two attached hydrogens (primary N) is 1. The zero-order valence-corrected chi connectivity index (χ0v) is 11.1. The number of hydrogen-bond acceptors (Lipinski definition) is 4. The standard InChI is InChI=1S/C11H13BrFNO3/c1-16-10-6(8(15)3-4-14)5-7(13)11(17-2)9(10)12/h5H,3-4,14H2,1-2H3. The van der Waals surface area contributed by atoms with E-state index in [1.54, 1.807) is 0 Å². The molecular formula is C11H13BrFNO3. The molecule has 0 aliphatic heterocycles. The summed E-state index contributed by atoms with van der Waals surface area (Å²) in [5.74, 6) is -0.639. The topological polar surface area (TPSA) is 61.5 Å². The van der Waals surface area contributed by atoms with Crippen LogP contribution in [0.5, 0.6) is 11.5 Å². The Kier molecular flexibility index (Phi) is 4.89. The van der Waals surface area contributed by atoms with Gasteiger partial charge in [-0.1, -0.05) is 0 Å². The first-order valence-corrected chi connectivity index (χ1v) is 5.69. The summed E-state index contributed by atoms with van der Waals surface area (Å²) < 4.78 is 23.9. The molecule has 0 fully saturated rings. The number of carbonyl (C=O) groups is 1. The molecule has 4 nitrogen and oxygen atoms in total. The summed E-state index contributed by atoms with van der Waals surface area (Å²) in [4.78, 5) is 11.7. The number of rotatable bonds is 5. The van der Waals surface area contributed by atoms with Gasteiger partial charge in [-0.05, 0) is 28.5 Å². The maximum absolute atomic E-state index is 13.6. The first-order chi connectivity index (χ1) is 8.06. The fourth-order valence-electron chi connectivity index (χ4n) is 1.44. The van der Waals surface area contributed by atoms with Crippen LogP contribution in [0.2, 0.25) is 0 Å². The minimum absolute atomic E-state index is 0.00569. The number of hydrogen-bond donors (Lipinski definition) is 1. The maximum Gasteiger partial charge on any atom is 0.172 e. The molecule has 0 heterocycles. The van der Waals surface area contributed by atoms with Gasteiger partial charge >= 0.3 is 0 Å². The third-order valence-corrected chi connectivity index (χ3v) is 2.93. The van der Waals surface area contributed by atoms with E-state index in [0.29, 0.717) is 0 Å². The van der Waals surface area contributed by atoms with Gasteiger partial charge in [-0.15, -0.1) is 0 Å². The van der Waals surface area contributed by atoms with Crippen molar-refractivity contribution in [1.82, 2.24) is 0 Å². The van der Waals surface area contributed by atoms with Crippen molar-refractivity contribution in [2.24, 2.45) is 5.73 Å². The van der Waals surface area contributed by atoms with E-state index in [1.165, 1.54) is 14.2 Å². The number of methoxy groups -OCH3 is 2. The summed E-state index contributed by atoms with van der Waals surface area (Å²) >= 11 is 3.15. The fraction of sp³-hybridized carbons (Fsp3) is 0.364. The van der Waals surface area contributed by atoms with Crippen molar-refractivity contribution < 1.29 is 18.7 Å². The van der Waals surface area contributed by atoms with Crippen LogP contribution in [0.15, 0.2) is 10.5 Å². The second-order valence-electron chi connectivity index (χ2n) is 3.25. The van der Waals surface area contributed by atoms with Gasteiger partial charge in [-0.3, -0.25) is 4.79 Å². The summed E-state index contributed by atoms with van der Waals surface area (Å²) in [5.41, 5.74) is 5.45. The molecule has 0 saturated carbocycles. The van der Waals surface area contributed by atoms with Crippen LogP contribution in [-0.4, -0.2) is 26.5 Å². The second kappa shape index (κ2) is 5.97. The predicted octanol–water partition coefficient (Wildman–Crippen LogP) is 2.14. The molecular weight excluding hydrogens is 293 g/mol. The summed E-state index contributed by atoms with van der Waals surface area (Å²) in [7, 11) is 2.74. The molecule has 0 bridgehead atoms. The molecule has 0 aliphatic rings. The molecule has 0 atom stereocenters. The number of carbonyl (C=O) groups excluding carboxylic acids is 1. The van der Waals surface area contributed by atoms with Crippen molar-refractivity contribution in [2.45, 2.75) is 6.42 Å². The van der Waals surface area contributed by atoms with Gasteiger partial charge in [0, 0.05) is 6.42 Å². The van der Waals surface area contributed by atoms with Crippen molar-refractivity contribution in [3.63, 3.8) is 0 Å². The Balaban J connectivity index is 3.36. The van der Waals surface area contributed by atoms with Gasteiger partial charge in [0.2, 0.25) is 0 Å². The average Bonchev–Trinajstić information content (AvgIpc) is 2.29. The lowest BCUT2D eigenvalue weighted by Crippen LogP contribution is -2.10. The summed E-state index contributed by atoms with van der Waals surface area (Å²) in [6.07, 6.45) is 0.134. The third kappa shape index (κ3) is 2.76. The fourth-order valence-corrected chi connectivity index (χ4v) is 2.17. The molecule has 6 heteroatoms. The predicted molar refractivity (Wildman–Crippen MR) is 65.2 cm³/mol. The highest BCUT2D eigenvalue weighted by atomic mass is 79.9. The van der Waals surface area contributed by atoms with Gasteiger partial charge < -0.3 is 15.2 Å². The molecule has 0 saturated heterocycles. The summed E-state index contributed by atoms with van der Waals surface area (Å²) in [6, 6.07) is 1.10. The van der Waals surface area contributed by atoms with E-state index in [9.17, 15) is 9.18 Å². The molecule has 1 aromatic rings. The van der Waals surface area contributed by atoms with E-state index in [-0.39, 0.29) is 40.3 Å². The van der Waals surface area contributed by atoms with Gasteiger partial charge in [0.25, 0.3) is 0 Å². The van der Waals surface area contributed by atoms with E-state index in [2.05, 4.69) is 15.9 Å². The Morgan fingerprint density at radius 1 is 1.41 bits per heavy atom. The summed E-state index contributed by atoms with van der Waals surface area (Å²) in [6.45, 7) is 0.202.